The zero-order valence-corrected chi connectivity index (χ0v) is 11.2. The standard InChI is InChI=1S/C14H28N2/c1-11-8-12(2)13(3)16(10-11)7-5-14-4-6-15-9-14/h11-15H,4-10H2,1-3H3. The van der Waals surface area contributed by atoms with Gasteiger partial charge in [-0.05, 0) is 63.6 Å². The van der Waals surface area contributed by atoms with Gasteiger partial charge in [-0.15, -0.1) is 0 Å². The third-order valence-corrected chi connectivity index (χ3v) is 4.71. The van der Waals surface area contributed by atoms with Crippen LogP contribution in [-0.4, -0.2) is 37.1 Å². The van der Waals surface area contributed by atoms with E-state index in [1.165, 1.54) is 45.4 Å². The quantitative estimate of drug-likeness (QED) is 0.791. The summed E-state index contributed by atoms with van der Waals surface area (Å²) >= 11 is 0. The number of nitrogens with one attached hydrogen (secondary N) is 1. The summed E-state index contributed by atoms with van der Waals surface area (Å²) in [7, 11) is 0. The van der Waals surface area contributed by atoms with Gasteiger partial charge in [0.15, 0.2) is 0 Å². The summed E-state index contributed by atoms with van der Waals surface area (Å²) in [5.74, 6) is 2.72. The molecule has 1 N–H and O–H groups in total. The predicted molar refractivity (Wildman–Crippen MR) is 69.6 cm³/mol. The molecule has 2 rings (SSSR count). The highest BCUT2D eigenvalue weighted by Crippen LogP contribution is 2.27. The molecule has 4 unspecified atom stereocenters. The Morgan fingerprint density at radius 1 is 1.25 bits per heavy atom. The van der Waals surface area contributed by atoms with Gasteiger partial charge < -0.3 is 10.2 Å². The number of nitrogens with zero attached hydrogens (tertiary/aromatic N) is 1. The summed E-state index contributed by atoms with van der Waals surface area (Å²) in [5, 5.41) is 3.47. The average molecular weight is 224 g/mol. The molecular weight excluding hydrogens is 196 g/mol. The van der Waals surface area contributed by atoms with Crippen LogP contribution < -0.4 is 5.32 Å². The van der Waals surface area contributed by atoms with E-state index < -0.39 is 0 Å². The zero-order valence-electron chi connectivity index (χ0n) is 11.2. The van der Waals surface area contributed by atoms with Gasteiger partial charge in [0.2, 0.25) is 0 Å². The van der Waals surface area contributed by atoms with E-state index in [4.69, 9.17) is 0 Å². The second-order valence-electron chi connectivity index (χ2n) is 6.20. The lowest BCUT2D eigenvalue weighted by Crippen LogP contribution is -2.46. The summed E-state index contributed by atoms with van der Waals surface area (Å²) in [5.41, 5.74) is 0. The highest BCUT2D eigenvalue weighted by atomic mass is 15.2. The molecule has 2 heterocycles. The Bertz CT molecular complexity index is 211. The molecule has 0 amide bonds. The fraction of sp³-hybridized carbons (Fsp3) is 1.00. The minimum absolute atomic E-state index is 0.797. The molecule has 0 aromatic heterocycles. The smallest absolute Gasteiger partial charge is 0.00927 e. The lowest BCUT2D eigenvalue weighted by molar-refractivity contribution is 0.0749. The van der Waals surface area contributed by atoms with Crippen LogP contribution in [0.3, 0.4) is 0 Å². The maximum atomic E-state index is 3.47. The Morgan fingerprint density at radius 3 is 2.75 bits per heavy atom. The first-order chi connectivity index (χ1) is 7.66. The highest BCUT2D eigenvalue weighted by Gasteiger charge is 2.28. The summed E-state index contributed by atoms with van der Waals surface area (Å²) < 4.78 is 0. The van der Waals surface area contributed by atoms with Crippen LogP contribution >= 0.6 is 0 Å². The maximum Gasteiger partial charge on any atom is 0.00927 e. The molecule has 0 radical (unpaired) electrons. The summed E-state index contributed by atoms with van der Waals surface area (Å²) in [6.07, 6.45) is 4.22. The van der Waals surface area contributed by atoms with Crippen molar-refractivity contribution < 1.29 is 0 Å². The normalized spacial score (nSPS) is 41.4. The molecule has 0 aliphatic carbocycles. The van der Waals surface area contributed by atoms with Gasteiger partial charge >= 0.3 is 0 Å². The van der Waals surface area contributed by atoms with Crippen molar-refractivity contribution in [3.63, 3.8) is 0 Å². The number of hydrogen-bond donors (Lipinski definition) is 1. The van der Waals surface area contributed by atoms with Crippen LogP contribution in [-0.2, 0) is 0 Å². The molecule has 0 aromatic carbocycles. The topological polar surface area (TPSA) is 15.3 Å². The van der Waals surface area contributed by atoms with Crippen LogP contribution in [0, 0.1) is 17.8 Å². The maximum absolute atomic E-state index is 3.47. The summed E-state index contributed by atoms with van der Waals surface area (Å²) in [6.45, 7) is 12.4. The van der Waals surface area contributed by atoms with E-state index in [1.54, 1.807) is 0 Å². The van der Waals surface area contributed by atoms with Gasteiger partial charge in [0, 0.05) is 12.6 Å². The van der Waals surface area contributed by atoms with Crippen LogP contribution in [0.5, 0.6) is 0 Å². The Morgan fingerprint density at radius 2 is 2.06 bits per heavy atom. The fourth-order valence-electron chi connectivity index (χ4n) is 3.44. The van der Waals surface area contributed by atoms with Gasteiger partial charge in [0.05, 0.1) is 0 Å². The second-order valence-corrected chi connectivity index (χ2v) is 6.20. The molecule has 0 aromatic rings. The Hall–Kier alpha value is -0.0800. The lowest BCUT2D eigenvalue weighted by atomic mass is 9.85. The first-order valence-electron chi connectivity index (χ1n) is 7.11. The number of piperidine rings is 1. The minimum atomic E-state index is 0.797. The van der Waals surface area contributed by atoms with Crippen molar-refractivity contribution in [2.24, 2.45) is 17.8 Å². The average Bonchev–Trinajstić information content (AvgIpc) is 2.74. The largest absolute Gasteiger partial charge is 0.316 e. The predicted octanol–water partition coefficient (Wildman–Crippen LogP) is 2.35. The van der Waals surface area contributed by atoms with E-state index in [0.717, 1.165) is 23.8 Å². The van der Waals surface area contributed by atoms with Crippen molar-refractivity contribution in [2.75, 3.05) is 26.2 Å². The highest BCUT2D eigenvalue weighted by molar-refractivity contribution is 4.83. The molecule has 2 fully saturated rings. The van der Waals surface area contributed by atoms with Gasteiger partial charge in [0.25, 0.3) is 0 Å². The van der Waals surface area contributed by atoms with Gasteiger partial charge in [-0.2, -0.15) is 0 Å². The van der Waals surface area contributed by atoms with Crippen molar-refractivity contribution in [1.82, 2.24) is 10.2 Å². The van der Waals surface area contributed by atoms with Crippen LogP contribution in [0.2, 0.25) is 0 Å². The zero-order chi connectivity index (χ0) is 11.5. The van der Waals surface area contributed by atoms with E-state index in [1.807, 2.05) is 0 Å². The minimum Gasteiger partial charge on any atom is -0.316 e. The molecule has 2 saturated heterocycles. The molecule has 94 valence electrons. The van der Waals surface area contributed by atoms with E-state index in [0.29, 0.717) is 0 Å². The van der Waals surface area contributed by atoms with E-state index >= 15 is 0 Å². The van der Waals surface area contributed by atoms with E-state index in [-0.39, 0.29) is 0 Å². The van der Waals surface area contributed by atoms with Crippen molar-refractivity contribution in [1.29, 1.82) is 0 Å². The Balaban J connectivity index is 1.78. The summed E-state index contributed by atoms with van der Waals surface area (Å²) in [4.78, 5) is 2.73. The van der Waals surface area contributed by atoms with Crippen molar-refractivity contribution >= 4 is 0 Å². The Labute approximate surface area is 101 Å². The third-order valence-electron chi connectivity index (χ3n) is 4.71. The van der Waals surface area contributed by atoms with Gasteiger partial charge in [-0.25, -0.2) is 0 Å². The number of hydrogen-bond acceptors (Lipinski definition) is 2. The summed E-state index contributed by atoms with van der Waals surface area (Å²) in [6, 6.07) is 0.797. The molecule has 2 heteroatoms. The number of rotatable bonds is 3. The van der Waals surface area contributed by atoms with Crippen molar-refractivity contribution in [3.05, 3.63) is 0 Å². The molecule has 4 atom stereocenters. The van der Waals surface area contributed by atoms with Crippen molar-refractivity contribution in [3.8, 4) is 0 Å². The van der Waals surface area contributed by atoms with Crippen molar-refractivity contribution in [2.45, 2.75) is 46.1 Å². The monoisotopic (exact) mass is 224 g/mol. The molecule has 2 nitrogen and oxygen atoms in total. The van der Waals surface area contributed by atoms with Crippen LogP contribution in [0.15, 0.2) is 0 Å². The van der Waals surface area contributed by atoms with E-state index in [2.05, 4.69) is 31.0 Å². The van der Waals surface area contributed by atoms with Gasteiger partial charge in [-0.1, -0.05) is 13.8 Å². The molecule has 2 aliphatic rings. The molecule has 16 heavy (non-hydrogen) atoms. The second kappa shape index (κ2) is 5.50. The van der Waals surface area contributed by atoms with E-state index in [9.17, 15) is 0 Å². The van der Waals surface area contributed by atoms with Crippen LogP contribution in [0.25, 0.3) is 0 Å². The first kappa shape index (κ1) is 12.4. The molecule has 0 spiro atoms. The fourth-order valence-corrected chi connectivity index (χ4v) is 3.44. The van der Waals surface area contributed by atoms with Crippen LogP contribution in [0.4, 0.5) is 0 Å². The van der Waals surface area contributed by atoms with Gasteiger partial charge in [0.1, 0.15) is 0 Å². The molecule has 0 saturated carbocycles. The Kier molecular flexibility index (Phi) is 4.26. The van der Waals surface area contributed by atoms with Gasteiger partial charge in [-0.3, -0.25) is 0 Å². The van der Waals surface area contributed by atoms with Crippen LogP contribution in [0.1, 0.15) is 40.0 Å². The SMILES string of the molecule is CC1CC(C)C(C)N(CCC2CCNC2)C1. The number of likely N-dealkylation sites (tertiary alicyclic amines) is 1. The third kappa shape index (κ3) is 2.98. The molecular formula is C14H28N2. The first-order valence-corrected chi connectivity index (χ1v) is 7.11. The lowest BCUT2D eigenvalue weighted by Gasteiger charge is -2.41. The molecule has 0 bridgehead atoms. The molecule has 2 aliphatic heterocycles.